The predicted molar refractivity (Wildman–Crippen MR) is 60.8 cm³/mol. The smallest absolute Gasteiger partial charge is 0.0646 e. The molecular formula is C12H15N3. The van der Waals surface area contributed by atoms with Crippen molar-refractivity contribution in [3.05, 3.63) is 29.2 Å². The lowest BCUT2D eigenvalue weighted by Crippen LogP contribution is -2.32. The van der Waals surface area contributed by atoms with Crippen LogP contribution in [0.5, 0.6) is 0 Å². The number of nitrogens with one attached hydrogen (secondary N) is 2. The fraction of sp³-hybridized carbons (Fsp3) is 0.417. The molecule has 0 aliphatic carbocycles. The van der Waals surface area contributed by atoms with Gasteiger partial charge in [-0.15, -0.1) is 0 Å². The van der Waals surface area contributed by atoms with Gasteiger partial charge in [0.2, 0.25) is 0 Å². The molecule has 15 heavy (non-hydrogen) atoms. The third-order valence-electron chi connectivity index (χ3n) is 3.15. The van der Waals surface area contributed by atoms with Gasteiger partial charge in [0.15, 0.2) is 0 Å². The Morgan fingerprint density at radius 2 is 2.33 bits per heavy atom. The average Bonchev–Trinajstić information content (AvgIpc) is 2.56. The molecule has 3 nitrogen and oxygen atoms in total. The van der Waals surface area contributed by atoms with E-state index in [9.17, 15) is 0 Å². The molecule has 1 atom stereocenters. The summed E-state index contributed by atoms with van der Waals surface area (Å²) in [5.41, 5.74) is 5.06. The highest BCUT2D eigenvalue weighted by atomic mass is 14.9. The molecule has 0 radical (unpaired) electrons. The van der Waals surface area contributed by atoms with E-state index in [1.54, 1.807) is 0 Å². The molecule has 2 aromatic rings. The van der Waals surface area contributed by atoms with E-state index < -0.39 is 0 Å². The Labute approximate surface area is 88.9 Å². The fourth-order valence-electron chi connectivity index (χ4n) is 2.35. The van der Waals surface area contributed by atoms with Gasteiger partial charge in [0.05, 0.1) is 11.7 Å². The summed E-state index contributed by atoms with van der Waals surface area (Å²) in [5.74, 6) is 0. The van der Waals surface area contributed by atoms with Crippen molar-refractivity contribution in [2.45, 2.75) is 32.9 Å². The minimum Gasteiger partial charge on any atom is -0.356 e. The Morgan fingerprint density at radius 1 is 1.47 bits per heavy atom. The first-order valence-electron chi connectivity index (χ1n) is 5.43. The zero-order chi connectivity index (χ0) is 10.4. The number of fused-ring (bicyclic) bond motifs is 3. The van der Waals surface area contributed by atoms with Crippen LogP contribution >= 0.6 is 0 Å². The minimum absolute atomic E-state index is 0.574. The summed E-state index contributed by atoms with van der Waals surface area (Å²) in [5, 5.41) is 4.81. The maximum absolute atomic E-state index is 4.32. The van der Waals surface area contributed by atoms with E-state index in [1.807, 2.05) is 13.1 Å². The van der Waals surface area contributed by atoms with Gasteiger partial charge in [-0.05, 0) is 31.9 Å². The Kier molecular flexibility index (Phi) is 1.83. The molecule has 0 aromatic carbocycles. The number of hydrogen-bond acceptors (Lipinski definition) is 2. The third kappa shape index (κ3) is 1.35. The lowest BCUT2D eigenvalue weighted by molar-refractivity contribution is 0.511. The zero-order valence-electron chi connectivity index (χ0n) is 9.09. The molecule has 3 heterocycles. The molecule has 0 amide bonds. The quantitative estimate of drug-likeness (QED) is 0.683. The second-order valence-corrected chi connectivity index (χ2v) is 4.44. The summed E-state index contributed by atoms with van der Waals surface area (Å²) in [7, 11) is 0. The van der Waals surface area contributed by atoms with Crippen LogP contribution in [0.1, 0.15) is 23.9 Å². The highest BCUT2D eigenvalue weighted by molar-refractivity contribution is 5.84. The predicted octanol–water partition coefficient (Wildman–Crippen LogP) is 1.91. The number of aromatic amines is 1. The summed E-state index contributed by atoms with van der Waals surface area (Å²) < 4.78 is 0. The number of aryl methyl sites for hydroxylation is 1. The molecular weight excluding hydrogens is 186 g/mol. The van der Waals surface area contributed by atoms with Crippen molar-refractivity contribution in [2.75, 3.05) is 0 Å². The molecule has 0 spiro atoms. The summed E-state index contributed by atoms with van der Waals surface area (Å²) in [6.07, 6.45) is 3.05. The topological polar surface area (TPSA) is 40.7 Å². The summed E-state index contributed by atoms with van der Waals surface area (Å²) in [6, 6.07) is 2.76. The van der Waals surface area contributed by atoms with Crippen LogP contribution in [0.2, 0.25) is 0 Å². The van der Waals surface area contributed by atoms with Crippen molar-refractivity contribution in [1.82, 2.24) is 15.3 Å². The Hall–Kier alpha value is -1.35. The number of rotatable bonds is 0. The van der Waals surface area contributed by atoms with Crippen molar-refractivity contribution in [3.63, 3.8) is 0 Å². The first-order chi connectivity index (χ1) is 7.24. The van der Waals surface area contributed by atoms with Gasteiger partial charge < -0.3 is 10.3 Å². The fourth-order valence-corrected chi connectivity index (χ4v) is 2.35. The highest BCUT2D eigenvalue weighted by Crippen LogP contribution is 2.26. The number of pyridine rings is 1. The summed E-state index contributed by atoms with van der Waals surface area (Å²) >= 11 is 0. The van der Waals surface area contributed by atoms with Crippen molar-refractivity contribution in [2.24, 2.45) is 0 Å². The second-order valence-electron chi connectivity index (χ2n) is 4.44. The summed E-state index contributed by atoms with van der Waals surface area (Å²) in [4.78, 5) is 7.76. The monoisotopic (exact) mass is 201 g/mol. The maximum atomic E-state index is 4.32. The van der Waals surface area contributed by atoms with E-state index in [1.165, 1.54) is 22.2 Å². The number of H-pyrrole nitrogens is 1. The van der Waals surface area contributed by atoms with Crippen LogP contribution in [0.4, 0.5) is 0 Å². The molecule has 0 saturated carbocycles. The van der Waals surface area contributed by atoms with Crippen LogP contribution in [0.25, 0.3) is 10.9 Å². The van der Waals surface area contributed by atoms with Gasteiger partial charge in [0.1, 0.15) is 0 Å². The van der Waals surface area contributed by atoms with Gasteiger partial charge in [-0.3, -0.25) is 4.98 Å². The van der Waals surface area contributed by atoms with Crippen LogP contribution in [0, 0.1) is 6.92 Å². The molecule has 2 N–H and O–H groups in total. The van der Waals surface area contributed by atoms with E-state index in [-0.39, 0.29) is 0 Å². The molecule has 1 aliphatic rings. The van der Waals surface area contributed by atoms with E-state index in [4.69, 9.17) is 0 Å². The molecule has 78 valence electrons. The molecule has 0 saturated heterocycles. The molecule has 1 aliphatic heterocycles. The van der Waals surface area contributed by atoms with E-state index >= 15 is 0 Å². The van der Waals surface area contributed by atoms with Gasteiger partial charge in [-0.2, -0.15) is 0 Å². The van der Waals surface area contributed by atoms with Gasteiger partial charge in [-0.25, -0.2) is 0 Å². The van der Waals surface area contributed by atoms with E-state index in [2.05, 4.69) is 28.3 Å². The van der Waals surface area contributed by atoms with Crippen LogP contribution in [-0.2, 0) is 13.0 Å². The van der Waals surface area contributed by atoms with Gasteiger partial charge in [-0.1, -0.05) is 0 Å². The SMILES string of the molecule is Cc1cc2c3c([nH]c2cn1)CN[C@@H](C)C3. The maximum Gasteiger partial charge on any atom is 0.0646 e. The Bertz CT molecular complexity index is 513. The van der Waals surface area contributed by atoms with Gasteiger partial charge in [0.25, 0.3) is 0 Å². The average molecular weight is 201 g/mol. The van der Waals surface area contributed by atoms with Crippen molar-refractivity contribution >= 4 is 10.9 Å². The minimum atomic E-state index is 0.574. The summed E-state index contributed by atoms with van der Waals surface area (Å²) in [6.45, 7) is 5.23. The lowest BCUT2D eigenvalue weighted by atomic mass is 10.00. The molecule has 0 fully saturated rings. The van der Waals surface area contributed by atoms with Crippen molar-refractivity contribution < 1.29 is 0 Å². The van der Waals surface area contributed by atoms with E-state index in [0.717, 1.165) is 18.7 Å². The van der Waals surface area contributed by atoms with Crippen molar-refractivity contribution in [1.29, 1.82) is 0 Å². The first-order valence-corrected chi connectivity index (χ1v) is 5.43. The largest absolute Gasteiger partial charge is 0.356 e. The Morgan fingerprint density at radius 3 is 3.20 bits per heavy atom. The van der Waals surface area contributed by atoms with Crippen LogP contribution < -0.4 is 5.32 Å². The third-order valence-corrected chi connectivity index (χ3v) is 3.15. The molecule has 3 rings (SSSR count). The van der Waals surface area contributed by atoms with E-state index in [0.29, 0.717) is 6.04 Å². The van der Waals surface area contributed by atoms with Crippen LogP contribution in [0.15, 0.2) is 12.3 Å². The number of nitrogens with zero attached hydrogens (tertiary/aromatic N) is 1. The van der Waals surface area contributed by atoms with Crippen molar-refractivity contribution in [3.8, 4) is 0 Å². The molecule has 2 aromatic heterocycles. The second kappa shape index (κ2) is 3.07. The Balaban J connectivity index is 2.25. The number of hydrogen-bond donors (Lipinski definition) is 2. The van der Waals surface area contributed by atoms with Gasteiger partial charge in [0, 0.05) is 29.4 Å². The molecule has 0 bridgehead atoms. The highest BCUT2D eigenvalue weighted by Gasteiger charge is 2.18. The number of aromatic nitrogens is 2. The zero-order valence-corrected chi connectivity index (χ0v) is 9.09. The van der Waals surface area contributed by atoms with Gasteiger partial charge >= 0.3 is 0 Å². The lowest BCUT2D eigenvalue weighted by Gasteiger charge is -2.20. The molecule has 3 heteroatoms. The first kappa shape index (κ1) is 8.92. The standard InChI is InChI=1S/C12H15N3/c1-7-3-9-10-4-8(2)14-6-12(10)15-11(9)5-13-7/h3,5,8,14-15H,4,6H2,1-2H3/t8-/m0/s1. The van der Waals surface area contributed by atoms with Crippen LogP contribution in [0.3, 0.4) is 0 Å². The van der Waals surface area contributed by atoms with Crippen LogP contribution in [-0.4, -0.2) is 16.0 Å². The normalized spacial score (nSPS) is 20.5. The molecule has 0 unspecified atom stereocenters.